The van der Waals surface area contributed by atoms with Gasteiger partial charge in [0.25, 0.3) is 11.8 Å². The highest BCUT2D eigenvalue weighted by atomic mass is 32.2. The van der Waals surface area contributed by atoms with Crippen molar-refractivity contribution in [3.05, 3.63) is 114 Å². The Kier molecular flexibility index (Phi) is 9.01. The molecule has 43 heavy (non-hydrogen) atoms. The molecular formula is C32H31FN4O5S. The number of sulfonamides is 1. The molecule has 0 saturated carbocycles. The van der Waals surface area contributed by atoms with E-state index >= 15 is 4.39 Å². The third kappa shape index (κ3) is 7.36. The van der Waals surface area contributed by atoms with E-state index in [1.165, 1.54) is 6.07 Å². The molecule has 4 aromatic rings. The van der Waals surface area contributed by atoms with Gasteiger partial charge in [0, 0.05) is 60.3 Å². The van der Waals surface area contributed by atoms with Crippen LogP contribution in [-0.4, -0.2) is 62.9 Å². The summed E-state index contributed by atoms with van der Waals surface area (Å²) < 4.78 is 47.4. The van der Waals surface area contributed by atoms with E-state index in [4.69, 9.17) is 4.74 Å². The Morgan fingerprint density at radius 3 is 2.28 bits per heavy atom. The van der Waals surface area contributed by atoms with Crippen molar-refractivity contribution in [3.8, 4) is 16.9 Å². The predicted molar refractivity (Wildman–Crippen MR) is 162 cm³/mol. The Labute approximate surface area is 250 Å². The molecule has 0 atom stereocenters. The highest BCUT2D eigenvalue weighted by molar-refractivity contribution is 7.89. The molecule has 222 valence electrons. The molecule has 0 radical (unpaired) electrons. The van der Waals surface area contributed by atoms with Crippen LogP contribution in [-0.2, 0) is 15.8 Å². The van der Waals surface area contributed by atoms with Gasteiger partial charge in [-0.2, -0.15) is 0 Å². The number of carbonyl (C=O) groups is 2. The smallest absolute Gasteiger partial charge is 0.264 e. The maximum Gasteiger partial charge on any atom is 0.264 e. The number of nitrogens with one attached hydrogen (secondary N) is 1. The molecule has 1 fully saturated rings. The number of ether oxygens (including phenoxy) is 1. The Morgan fingerprint density at radius 2 is 1.60 bits per heavy atom. The van der Waals surface area contributed by atoms with E-state index in [9.17, 15) is 18.0 Å². The van der Waals surface area contributed by atoms with Crippen molar-refractivity contribution in [2.24, 2.45) is 0 Å². The van der Waals surface area contributed by atoms with Crippen LogP contribution in [0.5, 0.6) is 5.75 Å². The van der Waals surface area contributed by atoms with Gasteiger partial charge in [-0.1, -0.05) is 36.4 Å². The third-order valence-electron chi connectivity index (χ3n) is 7.06. The van der Waals surface area contributed by atoms with E-state index in [2.05, 4.69) is 14.6 Å². The lowest BCUT2D eigenvalue weighted by Gasteiger charge is -2.36. The Bertz CT molecular complexity index is 1710. The number of nitrogens with zero attached hydrogens (tertiary/aromatic N) is 3. The summed E-state index contributed by atoms with van der Waals surface area (Å²) >= 11 is 0. The highest BCUT2D eigenvalue weighted by Crippen LogP contribution is 2.27. The van der Waals surface area contributed by atoms with E-state index < -0.39 is 21.7 Å². The summed E-state index contributed by atoms with van der Waals surface area (Å²) in [5, 5.41) is 0. The molecule has 1 aliphatic heterocycles. The predicted octanol–water partition coefficient (Wildman–Crippen LogP) is 4.51. The lowest BCUT2D eigenvalue weighted by Crippen LogP contribution is -2.48. The average molecular weight is 603 g/mol. The van der Waals surface area contributed by atoms with Gasteiger partial charge in [0.15, 0.2) is 0 Å². The van der Waals surface area contributed by atoms with Crippen molar-refractivity contribution in [1.29, 1.82) is 0 Å². The van der Waals surface area contributed by atoms with Crippen LogP contribution in [0.4, 0.5) is 10.1 Å². The topological polar surface area (TPSA) is 109 Å². The van der Waals surface area contributed by atoms with E-state index in [1.54, 1.807) is 90.1 Å². The number of amides is 2. The Morgan fingerprint density at radius 1 is 0.907 bits per heavy atom. The molecular weight excluding hydrogens is 571 g/mol. The average Bonchev–Trinajstić information content (AvgIpc) is 3.01. The number of piperazine rings is 1. The quantitative estimate of drug-likeness (QED) is 0.300. The minimum atomic E-state index is -3.85. The second-order valence-electron chi connectivity index (χ2n) is 10.0. The maximum atomic E-state index is 15.0. The number of pyridine rings is 1. The normalized spacial score (nSPS) is 13.4. The molecule has 1 saturated heterocycles. The summed E-state index contributed by atoms with van der Waals surface area (Å²) in [6, 6.07) is 21.4. The number of carbonyl (C=O) groups excluding carboxylic acids is 2. The SMILES string of the molecule is CCOc1cncc(-c2ccc(C(=O)N3CCN(c4ccc(C(=O)NS(=O)(=O)Cc5ccccc5)cc4)CC3)cc2F)c1. The van der Waals surface area contributed by atoms with Crippen LogP contribution in [0.25, 0.3) is 11.1 Å². The standard InChI is InChI=1S/C32H31FN4O5S/c1-2-42-28-18-26(20-34-21-28)29-13-10-25(19-30(29)33)32(39)37-16-14-36(15-17-37)27-11-8-24(9-12-27)31(38)35-43(40,41)22-23-6-4-3-5-7-23/h3-13,18-21H,2,14-17,22H2,1H3,(H,35,38). The van der Waals surface area contributed by atoms with Gasteiger partial charge in [0.2, 0.25) is 10.0 Å². The summed E-state index contributed by atoms with van der Waals surface area (Å²) in [6.45, 7) is 4.28. The molecule has 0 aliphatic carbocycles. The zero-order valence-corrected chi connectivity index (χ0v) is 24.4. The lowest BCUT2D eigenvalue weighted by atomic mass is 10.0. The number of rotatable bonds is 9. The molecule has 1 aliphatic rings. The van der Waals surface area contributed by atoms with Crippen molar-refractivity contribution in [1.82, 2.24) is 14.6 Å². The highest BCUT2D eigenvalue weighted by Gasteiger charge is 2.24. The second-order valence-corrected chi connectivity index (χ2v) is 11.8. The minimum absolute atomic E-state index is 0.222. The third-order valence-corrected chi connectivity index (χ3v) is 8.27. The first kappa shape index (κ1) is 29.7. The number of hydrogen-bond acceptors (Lipinski definition) is 7. The Balaban J connectivity index is 1.16. The fourth-order valence-electron chi connectivity index (χ4n) is 4.90. The zero-order valence-electron chi connectivity index (χ0n) is 23.6. The van der Waals surface area contributed by atoms with Crippen LogP contribution in [0, 0.1) is 5.82 Å². The molecule has 1 aromatic heterocycles. The summed E-state index contributed by atoms with van der Waals surface area (Å²) in [7, 11) is -3.85. The molecule has 5 rings (SSSR count). The first-order chi connectivity index (χ1) is 20.7. The molecule has 3 aromatic carbocycles. The molecule has 2 heterocycles. The molecule has 9 nitrogen and oxygen atoms in total. The monoisotopic (exact) mass is 602 g/mol. The van der Waals surface area contributed by atoms with E-state index in [0.717, 1.165) is 5.69 Å². The van der Waals surface area contributed by atoms with Gasteiger partial charge in [-0.05, 0) is 55.0 Å². The number of aromatic nitrogens is 1. The van der Waals surface area contributed by atoms with E-state index in [-0.39, 0.29) is 22.8 Å². The Hall–Kier alpha value is -4.77. The molecule has 0 spiro atoms. The molecule has 0 bridgehead atoms. The van der Waals surface area contributed by atoms with E-state index in [1.807, 2.05) is 6.92 Å². The van der Waals surface area contributed by atoms with Crippen LogP contribution >= 0.6 is 0 Å². The van der Waals surface area contributed by atoms with E-state index in [0.29, 0.717) is 55.2 Å². The van der Waals surface area contributed by atoms with Gasteiger partial charge in [-0.25, -0.2) is 17.5 Å². The van der Waals surface area contributed by atoms with Gasteiger partial charge in [-0.15, -0.1) is 0 Å². The molecule has 2 amide bonds. The first-order valence-corrected chi connectivity index (χ1v) is 15.5. The van der Waals surface area contributed by atoms with Crippen LogP contribution < -0.4 is 14.4 Å². The second kappa shape index (κ2) is 13.0. The van der Waals surface area contributed by atoms with Crippen molar-refractivity contribution in [3.63, 3.8) is 0 Å². The van der Waals surface area contributed by atoms with Crippen molar-refractivity contribution in [2.45, 2.75) is 12.7 Å². The van der Waals surface area contributed by atoms with Crippen LogP contribution in [0.15, 0.2) is 91.3 Å². The van der Waals surface area contributed by atoms with Crippen molar-refractivity contribution >= 4 is 27.5 Å². The van der Waals surface area contributed by atoms with Gasteiger partial charge in [0.05, 0.1) is 18.6 Å². The van der Waals surface area contributed by atoms with Crippen LogP contribution in [0.3, 0.4) is 0 Å². The largest absolute Gasteiger partial charge is 0.492 e. The number of hydrogen-bond donors (Lipinski definition) is 1. The number of anilines is 1. The summed E-state index contributed by atoms with van der Waals surface area (Å²) in [5.41, 5.74) is 2.81. The van der Waals surface area contributed by atoms with Crippen LogP contribution in [0.2, 0.25) is 0 Å². The van der Waals surface area contributed by atoms with Crippen molar-refractivity contribution in [2.75, 3.05) is 37.7 Å². The fourth-order valence-corrected chi connectivity index (χ4v) is 6.00. The van der Waals surface area contributed by atoms with Crippen LogP contribution in [0.1, 0.15) is 33.2 Å². The van der Waals surface area contributed by atoms with Crippen molar-refractivity contribution < 1.29 is 27.1 Å². The number of halogens is 1. The molecule has 1 N–H and O–H groups in total. The fraction of sp³-hybridized carbons (Fsp3) is 0.219. The number of benzene rings is 3. The lowest BCUT2D eigenvalue weighted by molar-refractivity contribution is 0.0746. The molecule has 0 unspecified atom stereocenters. The summed E-state index contributed by atoms with van der Waals surface area (Å²) in [5.74, 6) is -1.22. The minimum Gasteiger partial charge on any atom is -0.492 e. The van der Waals surface area contributed by atoms with Gasteiger partial charge >= 0.3 is 0 Å². The van der Waals surface area contributed by atoms with Gasteiger partial charge in [-0.3, -0.25) is 14.6 Å². The summed E-state index contributed by atoms with van der Waals surface area (Å²) in [4.78, 5) is 33.6. The molecule has 11 heteroatoms. The maximum absolute atomic E-state index is 15.0. The van der Waals surface area contributed by atoms with Gasteiger partial charge in [0.1, 0.15) is 11.6 Å². The summed E-state index contributed by atoms with van der Waals surface area (Å²) in [6.07, 6.45) is 3.11. The first-order valence-electron chi connectivity index (χ1n) is 13.8. The zero-order chi connectivity index (χ0) is 30.4. The van der Waals surface area contributed by atoms with Gasteiger partial charge < -0.3 is 14.5 Å².